The number of allylic oxidation sites excluding steroid dienone is 4. The van der Waals surface area contributed by atoms with Gasteiger partial charge in [0, 0.05) is 6.54 Å². The van der Waals surface area contributed by atoms with Gasteiger partial charge in [-0.05, 0) is 50.7 Å². The van der Waals surface area contributed by atoms with Gasteiger partial charge in [0.25, 0.3) is 11.8 Å². The predicted octanol–water partition coefficient (Wildman–Crippen LogP) is 7.10. The van der Waals surface area contributed by atoms with E-state index in [1.165, 1.54) is 62.7 Å². The van der Waals surface area contributed by atoms with Crippen LogP contribution in [0.4, 0.5) is 0 Å². The van der Waals surface area contributed by atoms with E-state index in [0.717, 1.165) is 19.3 Å². The lowest BCUT2D eigenvalue weighted by atomic mass is 10.1. The number of benzene rings is 1. The van der Waals surface area contributed by atoms with Crippen molar-refractivity contribution in [3.05, 3.63) is 59.7 Å². The van der Waals surface area contributed by atoms with Crippen LogP contribution in [0.5, 0.6) is 0 Å². The average molecular weight is 396 g/mol. The zero-order valence-electron chi connectivity index (χ0n) is 18.1. The van der Waals surface area contributed by atoms with Crippen molar-refractivity contribution in [3.63, 3.8) is 0 Å². The number of unbranched alkanes of at least 4 members (excludes halogenated alkanes) is 9. The molecule has 0 radical (unpaired) electrons. The number of carbonyl (C=O) groups excluding carboxylic acids is 2. The van der Waals surface area contributed by atoms with Crippen LogP contribution in [0.2, 0.25) is 0 Å². The lowest BCUT2D eigenvalue weighted by Gasteiger charge is -2.13. The highest BCUT2D eigenvalue weighted by Gasteiger charge is 2.34. The maximum atomic E-state index is 12.3. The molecule has 0 N–H and O–H groups in total. The van der Waals surface area contributed by atoms with Crippen molar-refractivity contribution in [2.24, 2.45) is 0 Å². The highest BCUT2D eigenvalue weighted by molar-refractivity contribution is 6.21. The van der Waals surface area contributed by atoms with Gasteiger partial charge >= 0.3 is 0 Å². The van der Waals surface area contributed by atoms with Gasteiger partial charge in [-0.1, -0.05) is 81.9 Å². The molecule has 1 aliphatic heterocycles. The van der Waals surface area contributed by atoms with Gasteiger partial charge in [0.1, 0.15) is 0 Å². The maximum Gasteiger partial charge on any atom is 0.261 e. The van der Waals surface area contributed by atoms with Crippen LogP contribution in [-0.2, 0) is 0 Å². The van der Waals surface area contributed by atoms with Gasteiger partial charge in [0.15, 0.2) is 0 Å². The second-order valence-corrected chi connectivity index (χ2v) is 7.89. The molecule has 0 unspecified atom stereocenters. The van der Waals surface area contributed by atoms with E-state index in [4.69, 9.17) is 0 Å². The van der Waals surface area contributed by atoms with E-state index in [1.807, 2.05) is 12.1 Å². The van der Waals surface area contributed by atoms with Gasteiger partial charge in [-0.3, -0.25) is 14.5 Å². The summed E-state index contributed by atoms with van der Waals surface area (Å²) in [6, 6.07) is 7.12. The molecule has 1 heterocycles. The maximum absolute atomic E-state index is 12.3. The van der Waals surface area contributed by atoms with Gasteiger partial charge in [-0.25, -0.2) is 0 Å². The van der Waals surface area contributed by atoms with Crippen molar-refractivity contribution in [1.82, 2.24) is 4.90 Å². The molecule has 1 aliphatic rings. The summed E-state index contributed by atoms with van der Waals surface area (Å²) in [6.07, 6.45) is 23.4. The highest BCUT2D eigenvalue weighted by Crippen LogP contribution is 2.23. The molecule has 0 bridgehead atoms. The van der Waals surface area contributed by atoms with Crippen LogP contribution in [0, 0.1) is 0 Å². The third-order valence-electron chi connectivity index (χ3n) is 5.46. The van der Waals surface area contributed by atoms with Crippen LogP contribution in [0.1, 0.15) is 105 Å². The molecule has 2 rings (SSSR count). The molecule has 0 spiro atoms. The summed E-state index contributed by atoms with van der Waals surface area (Å²) >= 11 is 0. The van der Waals surface area contributed by atoms with Gasteiger partial charge in [-0.15, -0.1) is 0 Å². The summed E-state index contributed by atoms with van der Waals surface area (Å²) in [6.45, 7) is 2.78. The van der Waals surface area contributed by atoms with Crippen molar-refractivity contribution in [1.29, 1.82) is 0 Å². The molecular weight excluding hydrogens is 358 g/mol. The Morgan fingerprint density at radius 1 is 0.690 bits per heavy atom. The topological polar surface area (TPSA) is 37.4 Å². The van der Waals surface area contributed by atoms with Crippen LogP contribution in [0.15, 0.2) is 48.6 Å². The first-order chi connectivity index (χ1) is 14.3. The van der Waals surface area contributed by atoms with E-state index in [0.29, 0.717) is 17.7 Å². The predicted molar refractivity (Wildman–Crippen MR) is 121 cm³/mol. The lowest BCUT2D eigenvalue weighted by Crippen LogP contribution is -2.30. The number of nitrogens with zero attached hydrogens (tertiary/aromatic N) is 1. The smallest absolute Gasteiger partial charge is 0.261 e. The third-order valence-corrected chi connectivity index (χ3v) is 5.46. The molecule has 0 saturated heterocycles. The molecule has 3 heteroatoms. The number of hydrogen-bond acceptors (Lipinski definition) is 2. The van der Waals surface area contributed by atoms with Gasteiger partial charge in [0.05, 0.1) is 11.1 Å². The third kappa shape index (κ3) is 8.00. The summed E-state index contributed by atoms with van der Waals surface area (Å²) in [7, 11) is 0. The van der Waals surface area contributed by atoms with Crippen LogP contribution >= 0.6 is 0 Å². The Kier molecular flexibility index (Phi) is 11.1. The summed E-state index contributed by atoms with van der Waals surface area (Å²) < 4.78 is 0. The Labute approximate surface area is 176 Å². The van der Waals surface area contributed by atoms with Crippen molar-refractivity contribution in [3.8, 4) is 0 Å². The monoisotopic (exact) mass is 395 g/mol. The highest BCUT2D eigenvalue weighted by atomic mass is 16.2. The minimum atomic E-state index is -0.131. The Balaban J connectivity index is 1.44. The van der Waals surface area contributed by atoms with E-state index in [1.54, 1.807) is 12.1 Å². The minimum Gasteiger partial charge on any atom is -0.274 e. The van der Waals surface area contributed by atoms with E-state index in [9.17, 15) is 9.59 Å². The molecule has 0 aromatic heterocycles. The van der Waals surface area contributed by atoms with E-state index < -0.39 is 0 Å². The normalized spacial score (nSPS) is 13.9. The molecule has 1 aromatic carbocycles. The lowest BCUT2D eigenvalue weighted by molar-refractivity contribution is 0.0651. The number of imide groups is 1. The van der Waals surface area contributed by atoms with Crippen molar-refractivity contribution >= 4 is 11.8 Å². The average Bonchev–Trinajstić information content (AvgIpc) is 2.98. The fraction of sp³-hybridized carbons (Fsp3) is 0.538. The summed E-state index contributed by atoms with van der Waals surface area (Å²) in [4.78, 5) is 26.0. The Morgan fingerprint density at radius 3 is 1.79 bits per heavy atom. The second kappa shape index (κ2) is 13.9. The SMILES string of the molecule is CCCCCC=CCC=CCCCCCCCCN1C(=O)c2ccccc2C1=O. The molecule has 0 fully saturated rings. The molecule has 1 aromatic rings. The molecule has 3 nitrogen and oxygen atoms in total. The van der Waals surface area contributed by atoms with Crippen LogP contribution in [0.25, 0.3) is 0 Å². The van der Waals surface area contributed by atoms with Gasteiger partial charge in [0.2, 0.25) is 0 Å². The van der Waals surface area contributed by atoms with Crippen molar-refractivity contribution in [2.45, 2.75) is 84.0 Å². The zero-order chi connectivity index (χ0) is 20.7. The number of hydrogen-bond donors (Lipinski definition) is 0. The van der Waals surface area contributed by atoms with Crippen LogP contribution < -0.4 is 0 Å². The molecular formula is C26H37NO2. The van der Waals surface area contributed by atoms with E-state index in [-0.39, 0.29) is 11.8 Å². The first-order valence-electron chi connectivity index (χ1n) is 11.5. The first kappa shape index (κ1) is 23.1. The van der Waals surface area contributed by atoms with Gasteiger partial charge < -0.3 is 0 Å². The number of carbonyl (C=O) groups is 2. The van der Waals surface area contributed by atoms with Crippen LogP contribution in [-0.4, -0.2) is 23.3 Å². The molecule has 29 heavy (non-hydrogen) atoms. The molecule has 2 amide bonds. The minimum absolute atomic E-state index is 0.131. The fourth-order valence-corrected chi connectivity index (χ4v) is 3.70. The Morgan fingerprint density at radius 2 is 1.21 bits per heavy atom. The molecule has 0 aliphatic carbocycles. The zero-order valence-corrected chi connectivity index (χ0v) is 18.1. The molecule has 0 saturated carbocycles. The van der Waals surface area contributed by atoms with Crippen molar-refractivity contribution < 1.29 is 9.59 Å². The number of amides is 2. The van der Waals surface area contributed by atoms with E-state index in [2.05, 4.69) is 31.2 Å². The largest absolute Gasteiger partial charge is 0.274 e. The fourth-order valence-electron chi connectivity index (χ4n) is 3.70. The summed E-state index contributed by atoms with van der Waals surface area (Å²) in [5.41, 5.74) is 1.11. The van der Waals surface area contributed by atoms with Crippen molar-refractivity contribution in [2.75, 3.05) is 6.54 Å². The second-order valence-electron chi connectivity index (χ2n) is 7.89. The molecule has 158 valence electrons. The number of rotatable bonds is 15. The molecule has 0 atom stereocenters. The number of fused-ring (bicyclic) bond motifs is 1. The first-order valence-corrected chi connectivity index (χ1v) is 11.5. The van der Waals surface area contributed by atoms with Crippen LogP contribution in [0.3, 0.4) is 0 Å². The summed E-state index contributed by atoms with van der Waals surface area (Å²) in [5, 5.41) is 0. The standard InChI is InChI=1S/C26H37NO2/c1-2-3-4-5-6-7-8-9-10-11-12-13-14-15-16-19-22-27-25(28)23-20-17-18-21-24(23)26(27)29/h6-7,9-10,17-18,20-21H,2-5,8,11-16,19,22H2,1H3. The van der Waals surface area contributed by atoms with Gasteiger partial charge in [-0.2, -0.15) is 0 Å². The Bertz CT molecular complexity index is 655. The quantitative estimate of drug-likeness (QED) is 0.180. The van der Waals surface area contributed by atoms with E-state index >= 15 is 0 Å². The summed E-state index contributed by atoms with van der Waals surface area (Å²) in [5.74, 6) is -0.263. The Hall–Kier alpha value is -2.16.